The van der Waals surface area contributed by atoms with Gasteiger partial charge in [0, 0.05) is 45.7 Å². The van der Waals surface area contributed by atoms with E-state index in [2.05, 4.69) is 10.2 Å². The van der Waals surface area contributed by atoms with Gasteiger partial charge in [-0.15, -0.1) is 0 Å². The fourth-order valence-electron chi connectivity index (χ4n) is 3.76. The predicted octanol–water partition coefficient (Wildman–Crippen LogP) is -0.0217. The van der Waals surface area contributed by atoms with Gasteiger partial charge in [0.2, 0.25) is 11.8 Å². The molecule has 118 valence electrons. The summed E-state index contributed by atoms with van der Waals surface area (Å²) < 4.78 is 5.88. The molecule has 0 aromatic rings. The summed E-state index contributed by atoms with van der Waals surface area (Å²) in [6.07, 6.45) is 4.58. The van der Waals surface area contributed by atoms with Crippen LogP contribution in [0.3, 0.4) is 0 Å². The van der Waals surface area contributed by atoms with Crippen molar-refractivity contribution in [3.8, 4) is 0 Å². The zero-order valence-electron chi connectivity index (χ0n) is 12.8. The van der Waals surface area contributed by atoms with Gasteiger partial charge in [0.05, 0.1) is 5.60 Å². The molecule has 6 heteroatoms. The van der Waals surface area contributed by atoms with Gasteiger partial charge in [0.25, 0.3) is 0 Å². The molecule has 1 N–H and O–H groups in total. The first-order chi connectivity index (χ1) is 10.1. The summed E-state index contributed by atoms with van der Waals surface area (Å²) in [5.74, 6) is 0.262. The highest BCUT2D eigenvalue weighted by Crippen LogP contribution is 2.31. The van der Waals surface area contributed by atoms with E-state index in [9.17, 15) is 9.59 Å². The van der Waals surface area contributed by atoms with Gasteiger partial charge in [-0.05, 0) is 25.7 Å². The SMILES string of the molecule is CN1CC2(CCN(C3CCNC(=O)CC3)CC2)OCC1=O. The number of carbonyl (C=O) groups is 2. The molecule has 1 spiro atoms. The average Bonchev–Trinajstić information content (AvgIpc) is 2.69. The van der Waals surface area contributed by atoms with E-state index in [1.807, 2.05) is 7.05 Å². The molecule has 21 heavy (non-hydrogen) atoms. The van der Waals surface area contributed by atoms with Crippen molar-refractivity contribution >= 4 is 11.8 Å². The van der Waals surface area contributed by atoms with E-state index in [0.29, 0.717) is 19.0 Å². The molecule has 3 aliphatic rings. The Morgan fingerprint density at radius 1 is 1.24 bits per heavy atom. The maximum Gasteiger partial charge on any atom is 0.248 e. The van der Waals surface area contributed by atoms with Crippen LogP contribution in [0.25, 0.3) is 0 Å². The summed E-state index contributed by atoms with van der Waals surface area (Å²) in [5.41, 5.74) is -0.141. The standard InChI is InChI=1S/C15H25N3O3/c1-17-11-15(21-10-14(17)20)5-8-18(9-6-15)12-2-3-13(19)16-7-4-12/h12H,2-11H2,1H3,(H,16,19). The minimum Gasteiger partial charge on any atom is -0.363 e. The number of hydrogen-bond donors (Lipinski definition) is 1. The van der Waals surface area contributed by atoms with Crippen LogP contribution in [-0.4, -0.2) is 73.1 Å². The summed E-state index contributed by atoms with van der Waals surface area (Å²) in [6.45, 7) is 3.73. The van der Waals surface area contributed by atoms with Crippen LogP contribution in [0.15, 0.2) is 0 Å². The Hall–Kier alpha value is -1.14. The van der Waals surface area contributed by atoms with Gasteiger partial charge in [0.15, 0.2) is 0 Å². The Bertz CT molecular complexity index is 418. The van der Waals surface area contributed by atoms with Crippen molar-refractivity contribution in [1.29, 1.82) is 0 Å². The second-order valence-corrected chi connectivity index (χ2v) is 6.59. The predicted molar refractivity (Wildman–Crippen MR) is 77.8 cm³/mol. The first kappa shape index (κ1) is 14.8. The molecule has 1 unspecified atom stereocenters. The van der Waals surface area contributed by atoms with E-state index in [0.717, 1.165) is 45.3 Å². The van der Waals surface area contributed by atoms with Crippen LogP contribution < -0.4 is 5.32 Å². The van der Waals surface area contributed by atoms with Crippen molar-refractivity contribution in [3.05, 3.63) is 0 Å². The molecule has 3 rings (SSSR count). The van der Waals surface area contributed by atoms with Crippen LogP contribution in [0.5, 0.6) is 0 Å². The number of morpholine rings is 1. The Morgan fingerprint density at radius 3 is 2.71 bits per heavy atom. The third-order valence-corrected chi connectivity index (χ3v) is 5.18. The van der Waals surface area contributed by atoms with Crippen molar-refractivity contribution in [1.82, 2.24) is 15.1 Å². The Labute approximate surface area is 125 Å². The average molecular weight is 295 g/mol. The van der Waals surface area contributed by atoms with E-state index in [1.165, 1.54) is 0 Å². The summed E-state index contributed by atoms with van der Waals surface area (Å²) >= 11 is 0. The molecule has 0 bridgehead atoms. The number of hydrogen-bond acceptors (Lipinski definition) is 4. The van der Waals surface area contributed by atoms with Gasteiger partial charge >= 0.3 is 0 Å². The second kappa shape index (κ2) is 5.93. The molecule has 6 nitrogen and oxygen atoms in total. The molecule has 2 amide bonds. The lowest BCUT2D eigenvalue weighted by molar-refractivity contribution is -0.169. The summed E-state index contributed by atoms with van der Waals surface area (Å²) in [7, 11) is 1.86. The van der Waals surface area contributed by atoms with Gasteiger partial charge in [-0.3, -0.25) is 9.59 Å². The van der Waals surface area contributed by atoms with E-state index in [1.54, 1.807) is 4.90 Å². The monoisotopic (exact) mass is 295 g/mol. The number of piperidine rings is 1. The minimum absolute atomic E-state index is 0.0800. The highest BCUT2D eigenvalue weighted by Gasteiger charge is 2.42. The fraction of sp³-hybridized carbons (Fsp3) is 0.867. The third-order valence-electron chi connectivity index (χ3n) is 5.18. The second-order valence-electron chi connectivity index (χ2n) is 6.59. The summed E-state index contributed by atoms with van der Waals surface area (Å²) in [5, 5.41) is 2.95. The molecule has 0 saturated carbocycles. The Kier molecular flexibility index (Phi) is 4.17. The van der Waals surface area contributed by atoms with Gasteiger partial charge in [-0.1, -0.05) is 0 Å². The maximum absolute atomic E-state index is 11.6. The number of ether oxygens (including phenoxy) is 1. The van der Waals surface area contributed by atoms with Crippen LogP contribution in [0.1, 0.15) is 32.1 Å². The molecule has 3 heterocycles. The van der Waals surface area contributed by atoms with Crippen LogP contribution >= 0.6 is 0 Å². The lowest BCUT2D eigenvalue weighted by Crippen LogP contribution is -2.58. The van der Waals surface area contributed by atoms with Crippen LogP contribution in [0.4, 0.5) is 0 Å². The van der Waals surface area contributed by atoms with Gasteiger partial charge in [-0.2, -0.15) is 0 Å². The van der Waals surface area contributed by atoms with E-state index < -0.39 is 0 Å². The lowest BCUT2D eigenvalue weighted by Gasteiger charge is -2.47. The van der Waals surface area contributed by atoms with E-state index in [-0.39, 0.29) is 24.0 Å². The van der Waals surface area contributed by atoms with Crippen LogP contribution in [0.2, 0.25) is 0 Å². The topological polar surface area (TPSA) is 61.9 Å². The van der Waals surface area contributed by atoms with Gasteiger partial charge < -0.3 is 19.9 Å². The quantitative estimate of drug-likeness (QED) is 0.738. The van der Waals surface area contributed by atoms with Crippen molar-refractivity contribution in [2.24, 2.45) is 0 Å². The molecule has 0 radical (unpaired) electrons. The Balaban J connectivity index is 1.55. The summed E-state index contributed by atoms with van der Waals surface area (Å²) in [4.78, 5) is 27.3. The lowest BCUT2D eigenvalue weighted by atomic mass is 9.88. The zero-order chi connectivity index (χ0) is 14.9. The van der Waals surface area contributed by atoms with Gasteiger partial charge in [-0.25, -0.2) is 0 Å². The number of likely N-dealkylation sites (tertiary alicyclic amines) is 1. The van der Waals surface area contributed by atoms with Crippen LogP contribution in [-0.2, 0) is 14.3 Å². The smallest absolute Gasteiger partial charge is 0.248 e. The minimum atomic E-state index is -0.141. The van der Waals surface area contributed by atoms with Crippen LogP contribution in [0, 0.1) is 0 Å². The molecule has 3 aliphatic heterocycles. The summed E-state index contributed by atoms with van der Waals surface area (Å²) in [6, 6.07) is 0.504. The van der Waals surface area contributed by atoms with Gasteiger partial charge in [0.1, 0.15) is 6.61 Å². The van der Waals surface area contributed by atoms with Crippen molar-refractivity contribution < 1.29 is 14.3 Å². The first-order valence-corrected chi connectivity index (χ1v) is 7.97. The number of nitrogens with one attached hydrogen (secondary N) is 1. The fourth-order valence-corrected chi connectivity index (χ4v) is 3.76. The molecule has 0 aromatic heterocycles. The third kappa shape index (κ3) is 3.21. The zero-order valence-corrected chi connectivity index (χ0v) is 12.8. The highest BCUT2D eigenvalue weighted by atomic mass is 16.5. The first-order valence-electron chi connectivity index (χ1n) is 7.97. The Morgan fingerprint density at radius 2 is 2.00 bits per heavy atom. The molecule has 3 fully saturated rings. The number of amides is 2. The normalized spacial score (nSPS) is 31.1. The maximum atomic E-state index is 11.6. The molecule has 0 aromatic carbocycles. The molecule has 1 atom stereocenters. The highest BCUT2D eigenvalue weighted by molar-refractivity contribution is 5.78. The van der Waals surface area contributed by atoms with E-state index >= 15 is 0 Å². The van der Waals surface area contributed by atoms with E-state index in [4.69, 9.17) is 4.74 Å². The van der Waals surface area contributed by atoms with Crippen molar-refractivity contribution in [3.63, 3.8) is 0 Å². The van der Waals surface area contributed by atoms with Crippen molar-refractivity contribution in [2.45, 2.75) is 43.7 Å². The number of carbonyl (C=O) groups excluding carboxylic acids is 2. The molecule has 3 saturated heterocycles. The number of rotatable bonds is 1. The number of likely N-dealkylation sites (N-methyl/N-ethyl adjacent to an activating group) is 1. The molecular formula is C15H25N3O3. The van der Waals surface area contributed by atoms with Crippen molar-refractivity contribution in [2.75, 3.05) is 39.8 Å². The molecular weight excluding hydrogens is 270 g/mol. The molecule has 0 aliphatic carbocycles. The largest absolute Gasteiger partial charge is 0.363 e. The number of nitrogens with zero attached hydrogens (tertiary/aromatic N) is 2.